The van der Waals surface area contributed by atoms with Crippen molar-refractivity contribution in [2.75, 3.05) is 14.2 Å². The zero-order valence-corrected chi connectivity index (χ0v) is 21.0. The Morgan fingerprint density at radius 3 is 1.24 bits per heavy atom. The lowest BCUT2D eigenvalue weighted by Crippen LogP contribution is -2.32. The van der Waals surface area contributed by atoms with Crippen LogP contribution in [0.2, 0.25) is 0 Å². The van der Waals surface area contributed by atoms with Gasteiger partial charge in [0.1, 0.15) is 40.8 Å². The van der Waals surface area contributed by atoms with E-state index in [9.17, 15) is 0 Å². The van der Waals surface area contributed by atoms with E-state index in [1.807, 2.05) is 0 Å². The first kappa shape index (κ1) is 23.1. The highest BCUT2D eigenvalue weighted by molar-refractivity contribution is 7.95. The molecule has 0 radical (unpaired) electrons. The molecule has 0 saturated carbocycles. The maximum atomic E-state index is 6.05. The zero-order chi connectivity index (χ0) is 23.4. The molecule has 0 amide bonds. The maximum Gasteiger partial charge on any atom is 0.129 e. The van der Waals surface area contributed by atoms with Gasteiger partial charge in [0.15, 0.2) is 0 Å². The topological polar surface area (TPSA) is 18.5 Å². The quantitative estimate of drug-likeness (QED) is 0.313. The number of hydrogen-bond donors (Lipinski definition) is 0. The van der Waals surface area contributed by atoms with Gasteiger partial charge in [-0.25, -0.2) is 0 Å². The highest BCUT2D eigenvalue weighted by Gasteiger charge is 2.46. The second-order valence-corrected chi connectivity index (χ2v) is 11.9. The molecule has 0 aliphatic carbocycles. The van der Waals surface area contributed by atoms with Crippen LogP contribution in [0.1, 0.15) is 22.3 Å². The molecule has 0 N–H and O–H groups in total. The molecule has 0 saturated heterocycles. The Morgan fingerprint density at radius 1 is 0.515 bits per heavy atom. The normalized spacial score (nSPS) is 11.3. The largest absolute Gasteiger partial charge is 0.496 e. The van der Waals surface area contributed by atoms with Gasteiger partial charge in [0.2, 0.25) is 0 Å². The maximum absolute atomic E-state index is 6.05. The Labute approximate surface area is 198 Å². The lowest BCUT2D eigenvalue weighted by Gasteiger charge is -2.30. The van der Waals surface area contributed by atoms with Gasteiger partial charge < -0.3 is 9.47 Å². The van der Waals surface area contributed by atoms with Gasteiger partial charge in [-0.05, 0) is 68.3 Å². The van der Waals surface area contributed by atoms with Gasteiger partial charge in [-0.3, -0.25) is 0 Å². The number of ether oxygens (including phenoxy) is 2. The Kier molecular flexibility index (Phi) is 6.86. The molecular formula is C30H32O2P+. The average Bonchev–Trinajstić information content (AvgIpc) is 2.87. The third-order valence-electron chi connectivity index (χ3n) is 6.71. The van der Waals surface area contributed by atoms with Gasteiger partial charge in [0, 0.05) is 11.1 Å². The highest BCUT2D eigenvalue weighted by atomic mass is 31.2. The van der Waals surface area contributed by atoms with Crippen LogP contribution in [0.3, 0.4) is 0 Å². The standard InChI is InChI=1S/C30H32O2P/c1-22-23(2)30(32-5)28(24(3)29(22)31-4)21-33(25-15-9-6-10-16-25,26-17-11-7-12-18-26)27-19-13-8-14-20-27/h6-20H,21H2,1-5H3/q+1. The van der Waals surface area contributed by atoms with Gasteiger partial charge in [-0.15, -0.1) is 0 Å². The third kappa shape index (κ3) is 4.05. The summed E-state index contributed by atoms with van der Waals surface area (Å²) in [7, 11) is 1.50. The van der Waals surface area contributed by atoms with E-state index in [0.717, 1.165) is 34.4 Å². The van der Waals surface area contributed by atoms with Crippen LogP contribution in [0.5, 0.6) is 11.5 Å². The third-order valence-corrected chi connectivity index (χ3v) is 11.0. The van der Waals surface area contributed by atoms with Crippen molar-refractivity contribution in [3.8, 4) is 11.5 Å². The van der Waals surface area contributed by atoms with Gasteiger partial charge in [-0.1, -0.05) is 54.6 Å². The number of hydrogen-bond acceptors (Lipinski definition) is 2. The molecule has 0 aromatic heterocycles. The second kappa shape index (κ2) is 9.81. The summed E-state index contributed by atoms with van der Waals surface area (Å²) in [5.41, 5.74) is 4.66. The Hall–Kier alpha value is -3.09. The fourth-order valence-corrected chi connectivity index (χ4v) is 9.27. The fourth-order valence-electron chi connectivity index (χ4n) is 4.93. The predicted molar refractivity (Wildman–Crippen MR) is 143 cm³/mol. The molecular weight excluding hydrogens is 423 g/mol. The van der Waals surface area contributed by atoms with Gasteiger partial charge >= 0.3 is 0 Å². The zero-order valence-electron chi connectivity index (χ0n) is 20.1. The second-order valence-electron chi connectivity index (χ2n) is 8.39. The minimum Gasteiger partial charge on any atom is -0.496 e. The van der Waals surface area contributed by atoms with Gasteiger partial charge in [0.05, 0.1) is 14.2 Å². The molecule has 0 aliphatic heterocycles. The van der Waals surface area contributed by atoms with E-state index in [2.05, 4.69) is 112 Å². The molecule has 0 unspecified atom stereocenters. The van der Waals surface area contributed by atoms with Crippen molar-refractivity contribution in [2.24, 2.45) is 0 Å². The SMILES string of the molecule is COc1c(C)c(C)c(OC)c(C[P+](c2ccccc2)(c2ccccc2)c2ccccc2)c1C. The van der Waals surface area contributed by atoms with Crippen LogP contribution in [0, 0.1) is 20.8 Å². The predicted octanol–water partition coefficient (Wildman–Crippen LogP) is 6.12. The highest BCUT2D eigenvalue weighted by Crippen LogP contribution is 2.60. The van der Waals surface area contributed by atoms with Crippen molar-refractivity contribution in [3.05, 3.63) is 113 Å². The smallest absolute Gasteiger partial charge is 0.129 e. The molecule has 4 aromatic carbocycles. The van der Waals surface area contributed by atoms with Gasteiger partial charge in [-0.2, -0.15) is 0 Å². The van der Waals surface area contributed by atoms with Crippen molar-refractivity contribution in [3.63, 3.8) is 0 Å². The lowest BCUT2D eigenvalue weighted by atomic mass is 9.98. The van der Waals surface area contributed by atoms with Crippen LogP contribution < -0.4 is 25.4 Å². The average molecular weight is 456 g/mol. The summed E-state index contributed by atoms with van der Waals surface area (Å²) in [6, 6.07) is 32.9. The summed E-state index contributed by atoms with van der Waals surface area (Å²) in [6.45, 7) is 6.41. The summed E-state index contributed by atoms with van der Waals surface area (Å²) in [5.74, 6) is 1.92. The molecule has 0 fully saturated rings. The van der Waals surface area contributed by atoms with Crippen molar-refractivity contribution >= 4 is 23.2 Å². The van der Waals surface area contributed by atoms with Crippen LogP contribution in [-0.2, 0) is 6.16 Å². The van der Waals surface area contributed by atoms with Crippen molar-refractivity contribution < 1.29 is 9.47 Å². The van der Waals surface area contributed by atoms with Crippen molar-refractivity contribution in [2.45, 2.75) is 26.9 Å². The molecule has 0 spiro atoms. The summed E-state index contributed by atoms with van der Waals surface area (Å²) in [6.07, 6.45) is 0.859. The summed E-state index contributed by atoms with van der Waals surface area (Å²) < 4.78 is 11.9. The number of methoxy groups -OCH3 is 2. The summed E-state index contributed by atoms with van der Waals surface area (Å²) in [4.78, 5) is 0. The molecule has 4 aromatic rings. The first-order valence-corrected chi connectivity index (χ1v) is 13.3. The van der Waals surface area contributed by atoms with Crippen LogP contribution in [0.15, 0.2) is 91.0 Å². The Bertz CT molecular complexity index is 1120. The van der Waals surface area contributed by atoms with Gasteiger partial charge in [0.25, 0.3) is 0 Å². The lowest BCUT2D eigenvalue weighted by molar-refractivity contribution is 0.392. The fraction of sp³-hybridized carbons (Fsp3) is 0.200. The van der Waals surface area contributed by atoms with E-state index in [1.165, 1.54) is 21.5 Å². The van der Waals surface area contributed by atoms with Crippen LogP contribution in [-0.4, -0.2) is 14.2 Å². The number of rotatable bonds is 7. The summed E-state index contributed by atoms with van der Waals surface area (Å²) >= 11 is 0. The van der Waals surface area contributed by atoms with Crippen LogP contribution >= 0.6 is 7.26 Å². The summed E-state index contributed by atoms with van der Waals surface area (Å²) in [5, 5.41) is 4.09. The van der Waals surface area contributed by atoms with Crippen molar-refractivity contribution in [1.29, 1.82) is 0 Å². The minimum absolute atomic E-state index is 0.859. The molecule has 0 heterocycles. The molecule has 0 bridgehead atoms. The Morgan fingerprint density at radius 2 is 0.879 bits per heavy atom. The van der Waals surface area contributed by atoms with Crippen molar-refractivity contribution in [1.82, 2.24) is 0 Å². The molecule has 168 valence electrons. The molecule has 0 atom stereocenters. The van der Waals surface area contributed by atoms with E-state index in [4.69, 9.17) is 9.47 Å². The molecule has 33 heavy (non-hydrogen) atoms. The molecule has 4 rings (SSSR count). The first-order chi connectivity index (χ1) is 16.0. The van der Waals surface area contributed by atoms with E-state index in [1.54, 1.807) is 14.2 Å². The Balaban J connectivity index is 2.09. The minimum atomic E-state index is -2.04. The van der Waals surface area contributed by atoms with E-state index in [0.29, 0.717) is 0 Å². The molecule has 0 aliphatic rings. The van der Waals surface area contributed by atoms with Crippen LogP contribution in [0.25, 0.3) is 0 Å². The monoisotopic (exact) mass is 455 g/mol. The molecule has 2 nitrogen and oxygen atoms in total. The van der Waals surface area contributed by atoms with Crippen LogP contribution in [0.4, 0.5) is 0 Å². The van der Waals surface area contributed by atoms with E-state index >= 15 is 0 Å². The first-order valence-electron chi connectivity index (χ1n) is 11.3. The number of benzene rings is 4. The van der Waals surface area contributed by atoms with E-state index in [-0.39, 0.29) is 0 Å². The van der Waals surface area contributed by atoms with E-state index < -0.39 is 7.26 Å². The molecule has 3 heteroatoms.